The van der Waals surface area contributed by atoms with Gasteiger partial charge in [-0.1, -0.05) is 60.8 Å². The number of benzene rings is 2. The van der Waals surface area contributed by atoms with Crippen LogP contribution in [0.4, 0.5) is 5.69 Å². The molecule has 1 aliphatic rings. The van der Waals surface area contributed by atoms with Crippen LogP contribution in [0.3, 0.4) is 0 Å². The molecule has 3 aromatic rings. The van der Waals surface area contributed by atoms with E-state index in [1.807, 2.05) is 77.8 Å². The summed E-state index contributed by atoms with van der Waals surface area (Å²) < 4.78 is 5.25. The maximum Gasteiger partial charge on any atom is 0.131 e. The molecule has 0 fully saturated rings. The number of hydrogen-bond donors (Lipinski definition) is 1. The van der Waals surface area contributed by atoms with Gasteiger partial charge in [-0.3, -0.25) is 4.98 Å². The van der Waals surface area contributed by atoms with E-state index in [-0.39, 0.29) is 0 Å². The van der Waals surface area contributed by atoms with Gasteiger partial charge in [0.2, 0.25) is 0 Å². The fraction of sp³-hybridized carbons (Fsp3) is 0.0870. The summed E-state index contributed by atoms with van der Waals surface area (Å²) in [5.74, 6) is 0.801. The highest BCUT2D eigenvalue weighted by atomic mass is 32.1. The minimum atomic E-state index is 0.579. The second-order valence-corrected chi connectivity index (χ2v) is 7.30. The van der Waals surface area contributed by atoms with Gasteiger partial charge >= 0.3 is 0 Å². The number of nitrogens with zero attached hydrogens (tertiary/aromatic N) is 2. The molecule has 0 amide bonds. The van der Waals surface area contributed by atoms with Crippen LogP contribution in [-0.2, 0) is 6.54 Å². The Labute approximate surface area is 180 Å². The molecular weight excluding hydrogens is 398 g/mol. The summed E-state index contributed by atoms with van der Waals surface area (Å²) in [4.78, 5) is 7.57. The van der Waals surface area contributed by atoms with Gasteiger partial charge in [0.1, 0.15) is 15.7 Å². The van der Waals surface area contributed by atoms with Crippen molar-refractivity contribution in [3.63, 3.8) is 0 Å². The van der Waals surface area contributed by atoms with Gasteiger partial charge in [-0.25, -0.2) is 0 Å². The summed E-state index contributed by atoms with van der Waals surface area (Å²) in [7, 11) is 1.65. The Kier molecular flexibility index (Phi) is 5.64. The van der Waals surface area contributed by atoms with Gasteiger partial charge in [0.25, 0.3) is 0 Å². The van der Waals surface area contributed by atoms with E-state index >= 15 is 0 Å². The molecule has 0 atom stereocenters. The molecule has 0 bridgehead atoms. The van der Waals surface area contributed by atoms with E-state index < -0.39 is 0 Å². The third kappa shape index (κ3) is 4.04. The molecule has 0 spiro atoms. The fourth-order valence-electron chi connectivity index (χ4n) is 3.20. The molecule has 0 saturated carbocycles. The number of methoxy groups -OCH3 is 1. The molecule has 0 saturated heterocycles. The summed E-state index contributed by atoms with van der Waals surface area (Å²) in [6.45, 7) is 0.579. The zero-order valence-corrected chi connectivity index (χ0v) is 17.5. The van der Waals surface area contributed by atoms with Crippen molar-refractivity contribution in [2.45, 2.75) is 6.54 Å². The van der Waals surface area contributed by atoms with Crippen molar-refractivity contribution < 1.29 is 4.74 Å². The van der Waals surface area contributed by atoms with E-state index in [2.05, 4.69) is 10.3 Å². The van der Waals surface area contributed by atoms with Crippen LogP contribution in [0, 0.1) is 0 Å². The Balaban J connectivity index is 1.71. The summed E-state index contributed by atoms with van der Waals surface area (Å²) in [6.07, 6.45) is 3.59. The second-order valence-electron chi connectivity index (χ2n) is 6.53. The Bertz CT molecular complexity index is 1060. The molecule has 2 aromatic carbocycles. The zero-order valence-electron chi connectivity index (χ0n) is 15.8. The highest BCUT2D eigenvalue weighted by Gasteiger charge is 2.33. The molecule has 0 unspecified atom stereocenters. The lowest BCUT2D eigenvalue weighted by Crippen LogP contribution is -2.29. The average Bonchev–Trinajstić information content (AvgIpc) is 3.00. The molecule has 0 aliphatic carbocycles. The van der Waals surface area contributed by atoms with Crippen LogP contribution in [0.1, 0.15) is 11.1 Å². The molecule has 1 aromatic heterocycles. The summed E-state index contributed by atoms with van der Waals surface area (Å²) in [5, 5.41) is 3.47. The second kappa shape index (κ2) is 8.51. The van der Waals surface area contributed by atoms with Crippen molar-refractivity contribution >= 4 is 45.7 Å². The van der Waals surface area contributed by atoms with E-state index in [0.717, 1.165) is 33.8 Å². The first-order chi connectivity index (χ1) is 14.2. The Morgan fingerprint density at radius 2 is 1.69 bits per heavy atom. The van der Waals surface area contributed by atoms with E-state index in [4.69, 9.17) is 29.2 Å². The van der Waals surface area contributed by atoms with Crippen LogP contribution < -0.4 is 10.1 Å². The van der Waals surface area contributed by atoms with Gasteiger partial charge in [0, 0.05) is 23.7 Å². The molecule has 4 nitrogen and oxygen atoms in total. The maximum atomic E-state index is 5.85. The lowest BCUT2D eigenvalue weighted by Gasteiger charge is -2.20. The maximum absolute atomic E-state index is 5.85. The summed E-state index contributed by atoms with van der Waals surface area (Å²) in [5.41, 5.74) is 4.78. The van der Waals surface area contributed by atoms with Crippen LogP contribution in [0.25, 0.3) is 5.57 Å². The third-order valence-electron chi connectivity index (χ3n) is 4.65. The Hall–Kier alpha value is -3.09. The van der Waals surface area contributed by atoms with Crippen LogP contribution in [0.15, 0.2) is 84.8 Å². The first-order valence-electron chi connectivity index (χ1n) is 9.13. The van der Waals surface area contributed by atoms with Crippen LogP contribution >= 0.6 is 24.4 Å². The average molecular weight is 418 g/mol. The molecule has 144 valence electrons. The van der Waals surface area contributed by atoms with Crippen molar-refractivity contribution in [3.8, 4) is 5.75 Å². The number of anilines is 1. The van der Waals surface area contributed by atoms with Crippen molar-refractivity contribution in [1.82, 2.24) is 9.88 Å². The van der Waals surface area contributed by atoms with E-state index in [0.29, 0.717) is 16.5 Å². The Morgan fingerprint density at radius 3 is 2.34 bits per heavy atom. The van der Waals surface area contributed by atoms with Gasteiger partial charge < -0.3 is 15.0 Å². The smallest absolute Gasteiger partial charge is 0.131 e. The zero-order chi connectivity index (χ0) is 20.2. The standard InChI is InChI=1S/C23H19N3OS2/c1-27-19-11-9-18(10-12-19)25-21-20(17-7-3-2-4-8-17)22(28)26(23(21)29)15-16-6-5-13-24-14-16/h2-14,25H,15H2,1H3. The molecule has 6 heteroatoms. The quantitative estimate of drug-likeness (QED) is 0.564. The summed E-state index contributed by atoms with van der Waals surface area (Å²) >= 11 is 11.7. The minimum Gasteiger partial charge on any atom is -0.497 e. The normalized spacial score (nSPS) is 13.8. The van der Waals surface area contributed by atoms with Crippen molar-refractivity contribution in [2.24, 2.45) is 0 Å². The van der Waals surface area contributed by atoms with Gasteiger partial charge in [0.05, 0.1) is 19.4 Å². The van der Waals surface area contributed by atoms with Crippen molar-refractivity contribution in [3.05, 3.63) is 95.9 Å². The summed E-state index contributed by atoms with van der Waals surface area (Å²) in [6, 6.07) is 21.8. The molecule has 29 heavy (non-hydrogen) atoms. The van der Waals surface area contributed by atoms with Crippen LogP contribution in [0.2, 0.25) is 0 Å². The number of rotatable bonds is 6. The van der Waals surface area contributed by atoms with Gasteiger partial charge in [0.15, 0.2) is 0 Å². The topological polar surface area (TPSA) is 37.4 Å². The third-order valence-corrected chi connectivity index (χ3v) is 5.50. The fourth-order valence-corrected chi connectivity index (χ4v) is 3.94. The van der Waals surface area contributed by atoms with Gasteiger partial charge in [-0.2, -0.15) is 0 Å². The van der Waals surface area contributed by atoms with Gasteiger partial charge in [-0.15, -0.1) is 0 Å². The lowest BCUT2D eigenvalue weighted by molar-refractivity contribution is 0.415. The van der Waals surface area contributed by atoms with E-state index in [1.165, 1.54) is 0 Å². The molecular formula is C23H19N3OS2. The molecule has 2 heterocycles. The molecule has 0 radical (unpaired) electrons. The number of hydrogen-bond acceptors (Lipinski definition) is 5. The van der Waals surface area contributed by atoms with Crippen LogP contribution in [-0.4, -0.2) is 27.0 Å². The number of aromatic nitrogens is 1. The predicted molar refractivity (Wildman–Crippen MR) is 125 cm³/mol. The molecule has 4 rings (SSSR count). The van der Waals surface area contributed by atoms with Crippen molar-refractivity contribution in [1.29, 1.82) is 0 Å². The first-order valence-corrected chi connectivity index (χ1v) is 9.95. The largest absolute Gasteiger partial charge is 0.497 e. The Morgan fingerprint density at radius 1 is 0.931 bits per heavy atom. The number of nitrogens with one attached hydrogen (secondary N) is 1. The lowest BCUT2D eigenvalue weighted by atomic mass is 10.1. The number of pyridine rings is 1. The SMILES string of the molecule is COc1ccc(NC2=C(c3ccccc3)C(=S)N(Cc3cccnc3)C2=S)cc1. The van der Waals surface area contributed by atoms with E-state index in [1.54, 1.807) is 13.3 Å². The van der Waals surface area contributed by atoms with Crippen molar-refractivity contribution in [2.75, 3.05) is 12.4 Å². The number of ether oxygens (including phenoxy) is 1. The monoisotopic (exact) mass is 417 g/mol. The molecule has 1 aliphatic heterocycles. The molecule has 1 N–H and O–H groups in total. The van der Waals surface area contributed by atoms with Crippen LogP contribution in [0.5, 0.6) is 5.75 Å². The number of thiocarbonyl (C=S) groups is 2. The van der Waals surface area contributed by atoms with E-state index in [9.17, 15) is 0 Å². The minimum absolute atomic E-state index is 0.579. The highest BCUT2D eigenvalue weighted by Crippen LogP contribution is 2.33. The predicted octanol–water partition coefficient (Wildman–Crippen LogP) is 5.08. The van der Waals surface area contributed by atoms with Gasteiger partial charge in [-0.05, 0) is 41.5 Å². The first kappa shape index (κ1) is 19.2. The highest BCUT2D eigenvalue weighted by molar-refractivity contribution is 7.83.